The summed E-state index contributed by atoms with van der Waals surface area (Å²) < 4.78 is 0. The molecule has 3 rings (SSSR count). The molecule has 0 atom stereocenters. The zero-order valence-corrected chi connectivity index (χ0v) is 12.5. The van der Waals surface area contributed by atoms with Crippen LogP contribution in [0.4, 0.5) is 16.4 Å². The van der Waals surface area contributed by atoms with Gasteiger partial charge in [-0.3, -0.25) is 5.32 Å². The van der Waals surface area contributed by atoms with Crippen LogP contribution in [0.5, 0.6) is 0 Å². The molecule has 0 spiro atoms. The van der Waals surface area contributed by atoms with E-state index in [-0.39, 0.29) is 6.03 Å². The van der Waals surface area contributed by atoms with Crippen molar-refractivity contribution in [3.8, 4) is 0 Å². The lowest BCUT2D eigenvalue weighted by molar-refractivity contribution is 0.251. The van der Waals surface area contributed by atoms with Crippen LogP contribution in [0.3, 0.4) is 0 Å². The van der Waals surface area contributed by atoms with Gasteiger partial charge >= 0.3 is 6.03 Å². The van der Waals surface area contributed by atoms with Crippen LogP contribution in [0.2, 0.25) is 0 Å². The summed E-state index contributed by atoms with van der Waals surface area (Å²) in [5.41, 5.74) is 2.42. The minimum absolute atomic E-state index is 0.225. The molecule has 1 fully saturated rings. The normalized spacial score (nSPS) is 13.5. The largest absolute Gasteiger partial charge is 0.365 e. The summed E-state index contributed by atoms with van der Waals surface area (Å²) in [4.78, 5) is 11.6. The first kappa shape index (κ1) is 14.3. The summed E-state index contributed by atoms with van der Waals surface area (Å²) in [5, 5.41) is 16.7. The Labute approximate surface area is 129 Å². The number of anilines is 2. The van der Waals surface area contributed by atoms with Crippen LogP contribution in [0, 0.1) is 6.92 Å². The Morgan fingerprint density at radius 2 is 1.77 bits per heavy atom. The lowest BCUT2D eigenvalue weighted by Gasteiger charge is -2.07. The first-order chi connectivity index (χ1) is 10.7. The molecule has 1 aliphatic rings. The van der Waals surface area contributed by atoms with Crippen molar-refractivity contribution in [2.45, 2.75) is 32.4 Å². The summed E-state index contributed by atoms with van der Waals surface area (Å²) >= 11 is 0. The van der Waals surface area contributed by atoms with E-state index in [2.05, 4.69) is 57.3 Å². The molecule has 6 heteroatoms. The van der Waals surface area contributed by atoms with E-state index < -0.39 is 0 Å². The van der Waals surface area contributed by atoms with Gasteiger partial charge in [0.05, 0.1) is 0 Å². The minimum atomic E-state index is -0.225. The lowest BCUT2D eigenvalue weighted by Crippen LogP contribution is -2.30. The van der Waals surface area contributed by atoms with Gasteiger partial charge in [-0.1, -0.05) is 29.8 Å². The van der Waals surface area contributed by atoms with Gasteiger partial charge in [-0.15, -0.1) is 10.2 Å². The summed E-state index contributed by atoms with van der Waals surface area (Å²) in [6, 6.07) is 11.9. The minimum Gasteiger partial charge on any atom is -0.365 e. The number of rotatable bonds is 5. The Bertz CT molecular complexity index is 635. The molecule has 22 heavy (non-hydrogen) atoms. The number of aromatic nitrogens is 2. The summed E-state index contributed by atoms with van der Waals surface area (Å²) in [7, 11) is 0. The molecule has 0 aliphatic heterocycles. The Kier molecular flexibility index (Phi) is 4.18. The zero-order valence-electron chi connectivity index (χ0n) is 12.5. The van der Waals surface area contributed by atoms with E-state index in [1.54, 1.807) is 12.1 Å². The van der Waals surface area contributed by atoms with Crippen molar-refractivity contribution in [2.75, 3.05) is 10.6 Å². The molecular formula is C16H19N5O. The van der Waals surface area contributed by atoms with E-state index in [1.165, 1.54) is 11.1 Å². The maximum Gasteiger partial charge on any atom is 0.320 e. The molecule has 1 saturated carbocycles. The number of aryl methyl sites for hydroxylation is 1. The van der Waals surface area contributed by atoms with Gasteiger partial charge in [0.25, 0.3) is 0 Å². The van der Waals surface area contributed by atoms with Crippen LogP contribution in [0.25, 0.3) is 0 Å². The highest BCUT2D eigenvalue weighted by molar-refractivity contribution is 5.88. The molecule has 0 unspecified atom stereocenters. The number of carbonyl (C=O) groups is 1. The molecular weight excluding hydrogens is 278 g/mol. The number of carbonyl (C=O) groups excluding carboxylic acids is 1. The number of nitrogens with zero attached hydrogens (tertiary/aromatic N) is 2. The highest BCUT2D eigenvalue weighted by Crippen LogP contribution is 2.18. The van der Waals surface area contributed by atoms with Gasteiger partial charge < -0.3 is 10.6 Å². The smallest absolute Gasteiger partial charge is 0.320 e. The molecule has 3 N–H and O–H groups in total. The highest BCUT2D eigenvalue weighted by Gasteiger charge is 2.23. The first-order valence-corrected chi connectivity index (χ1v) is 7.40. The van der Waals surface area contributed by atoms with Crippen molar-refractivity contribution in [1.82, 2.24) is 15.5 Å². The zero-order chi connectivity index (χ0) is 15.4. The van der Waals surface area contributed by atoms with E-state index in [0.717, 1.165) is 12.8 Å². The molecule has 2 amide bonds. The number of benzene rings is 1. The summed E-state index contributed by atoms with van der Waals surface area (Å²) in [6.07, 6.45) is 2.11. The molecule has 6 nitrogen and oxygen atoms in total. The third-order valence-electron chi connectivity index (χ3n) is 3.41. The molecule has 1 heterocycles. The van der Waals surface area contributed by atoms with Gasteiger partial charge in [0.2, 0.25) is 0 Å². The van der Waals surface area contributed by atoms with Crippen molar-refractivity contribution in [2.24, 2.45) is 0 Å². The van der Waals surface area contributed by atoms with E-state index >= 15 is 0 Å². The van der Waals surface area contributed by atoms with E-state index in [4.69, 9.17) is 0 Å². The molecule has 114 valence electrons. The number of hydrogen-bond donors (Lipinski definition) is 3. The highest BCUT2D eigenvalue weighted by atomic mass is 16.2. The van der Waals surface area contributed by atoms with Gasteiger partial charge in [0, 0.05) is 12.6 Å². The molecule has 1 aromatic carbocycles. The summed E-state index contributed by atoms with van der Waals surface area (Å²) in [5.74, 6) is 1.12. The summed E-state index contributed by atoms with van der Waals surface area (Å²) in [6.45, 7) is 2.75. The van der Waals surface area contributed by atoms with Crippen molar-refractivity contribution >= 4 is 17.7 Å². The Hall–Kier alpha value is -2.63. The second-order valence-electron chi connectivity index (χ2n) is 5.52. The third-order valence-corrected chi connectivity index (χ3v) is 3.41. The molecule has 0 radical (unpaired) electrons. The first-order valence-electron chi connectivity index (χ1n) is 7.40. The molecule has 0 saturated heterocycles. The van der Waals surface area contributed by atoms with Crippen molar-refractivity contribution < 1.29 is 4.79 Å². The monoisotopic (exact) mass is 297 g/mol. The third kappa shape index (κ3) is 4.18. The Morgan fingerprint density at radius 3 is 2.41 bits per heavy atom. The second kappa shape index (κ2) is 6.43. The van der Waals surface area contributed by atoms with Gasteiger partial charge in [-0.05, 0) is 37.5 Å². The fraction of sp³-hybridized carbons (Fsp3) is 0.312. The van der Waals surface area contributed by atoms with Crippen molar-refractivity contribution in [1.29, 1.82) is 0 Å². The standard InChI is InChI=1S/C16H19N5O/c1-11-2-4-12(5-3-11)10-17-14-8-9-15(21-20-14)19-16(22)18-13-6-7-13/h2-5,8-9,13H,6-7,10H2,1H3,(H,17,20)(H2,18,19,21,22). The number of hydrogen-bond acceptors (Lipinski definition) is 4. The molecule has 1 aromatic heterocycles. The Balaban J connectivity index is 1.50. The predicted octanol–water partition coefficient (Wildman–Crippen LogP) is 2.68. The van der Waals surface area contributed by atoms with Crippen LogP contribution < -0.4 is 16.0 Å². The maximum absolute atomic E-state index is 11.6. The van der Waals surface area contributed by atoms with Crippen molar-refractivity contribution in [3.05, 3.63) is 47.5 Å². The van der Waals surface area contributed by atoms with Crippen LogP contribution in [-0.2, 0) is 6.54 Å². The number of amides is 2. The van der Waals surface area contributed by atoms with E-state index in [0.29, 0.717) is 24.2 Å². The topological polar surface area (TPSA) is 78.9 Å². The molecule has 1 aliphatic carbocycles. The van der Waals surface area contributed by atoms with E-state index in [1.807, 2.05) is 0 Å². The average Bonchev–Trinajstić information content (AvgIpc) is 3.32. The van der Waals surface area contributed by atoms with Crippen LogP contribution in [0.1, 0.15) is 24.0 Å². The number of nitrogens with one attached hydrogen (secondary N) is 3. The van der Waals surface area contributed by atoms with Crippen LogP contribution in [-0.4, -0.2) is 22.3 Å². The molecule has 0 bridgehead atoms. The lowest BCUT2D eigenvalue weighted by atomic mass is 10.1. The Morgan fingerprint density at radius 1 is 1.09 bits per heavy atom. The van der Waals surface area contributed by atoms with Crippen LogP contribution in [0.15, 0.2) is 36.4 Å². The average molecular weight is 297 g/mol. The SMILES string of the molecule is Cc1ccc(CNc2ccc(NC(=O)NC3CC3)nn2)cc1. The maximum atomic E-state index is 11.6. The van der Waals surface area contributed by atoms with Gasteiger partial charge in [-0.25, -0.2) is 4.79 Å². The van der Waals surface area contributed by atoms with Gasteiger partial charge in [0.1, 0.15) is 5.82 Å². The fourth-order valence-electron chi connectivity index (χ4n) is 1.96. The van der Waals surface area contributed by atoms with E-state index in [9.17, 15) is 4.79 Å². The quantitative estimate of drug-likeness (QED) is 0.793. The van der Waals surface area contributed by atoms with Gasteiger partial charge in [-0.2, -0.15) is 0 Å². The number of urea groups is 1. The van der Waals surface area contributed by atoms with Crippen LogP contribution >= 0.6 is 0 Å². The van der Waals surface area contributed by atoms with Crippen molar-refractivity contribution in [3.63, 3.8) is 0 Å². The predicted molar refractivity (Wildman–Crippen MR) is 85.7 cm³/mol. The fourth-order valence-corrected chi connectivity index (χ4v) is 1.96. The van der Waals surface area contributed by atoms with Gasteiger partial charge in [0.15, 0.2) is 5.82 Å². The second-order valence-corrected chi connectivity index (χ2v) is 5.52. The molecule has 2 aromatic rings.